The van der Waals surface area contributed by atoms with Crippen LogP contribution in [0, 0.1) is 0 Å². The fourth-order valence-electron chi connectivity index (χ4n) is 1.72. The van der Waals surface area contributed by atoms with Crippen molar-refractivity contribution >= 4 is 11.9 Å². The van der Waals surface area contributed by atoms with Crippen molar-refractivity contribution in [2.45, 2.75) is 12.5 Å². The van der Waals surface area contributed by atoms with Crippen LogP contribution in [0.15, 0.2) is 29.3 Å². The molecule has 1 heterocycles. The zero-order valence-electron chi connectivity index (χ0n) is 9.30. The van der Waals surface area contributed by atoms with E-state index in [1.54, 1.807) is 0 Å². The summed E-state index contributed by atoms with van der Waals surface area (Å²) < 4.78 is 5.35. The molecule has 1 aliphatic rings. The number of carboxylic acid groups (broad SMARTS) is 1. The summed E-state index contributed by atoms with van der Waals surface area (Å²) >= 11 is 0. The van der Waals surface area contributed by atoms with Crippen molar-refractivity contribution in [1.82, 2.24) is 0 Å². The van der Waals surface area contributed by atoms with Crippen molar-refractivity contribution in [3.63, 3.8) is 0 Å². The number of carboxylic acids is 1. The first-order valence-corrected chi connectivity index (χ1v) is 5.42. The number of nitrogens with zero attached hydrogens (tertiary/aromatic N) is 1. The highest BCUT2D eigenvalue weighted by molar-refractivity contribution is 5.95. The minimum absolute atomic E-state index is 0.0865. The second-order valence-corrected chi connectivity index (χ2v) is 3.87. The molecular weight excluding hydrogens is 220 g/mol. The molecule has 0 amide bonds. The lowest BCUT2D eigenvalue weighted by atomic mass is 10.0. The predicted octanol–water partition coefficient (Wildman–Crippen LogP) is 0.938. The summed E-state index contributed by atoms with van der Waals surface area (Å²) in [4.78, 5) is 14.8. The van der Waals surface area contributed by atoms with Gasteiger partial charge in [-0.1, -0.05) is 12.1 Å². The van der Waals surface area contributed by atoms with Gasteiger partial charge in [-0.15, -0.1) is 0 Å². The number of carbonyl (C=O) groups is 1. The maximum Gasteiger partial charge on any atom is 0.305 e. The number of nitrogens with two attached hydrogens (primary N) is 1. The van der Waals surface area contributed by atoms with E-state index in [2.05, 4.69) is 4.99 Å². The van der Waals surface area contributed by atoms with Gasteiger partial charge in [-0.2, -0.15) is 0 Å². The van der Waals surface area contributed by atoms with Crippen molar-refractivity contribution in [2.75, 3.05) is 13.2 Å². The molecule has 0 spiro atoms. The molecule has 5 heteroatoms. The number of benzene rings is 1. The number of hydrogen-bond acceptors (Lipinski definition) is 4. The zero-order valence-corrected chi connectivity index (χ0v) is 9.30. The van der Waals surface area contributed by atoms with E-state index in [1.807, 2.05) is 24.3 Å². The summed E-state index contributed by atoms with van der Waals surface area (Å²) in [6.07, 6.45) is -0.0865. The minimum Gasteiger partial charge on any atom is -0.481 e. The lowest BCUT2D eigenvalue weighted by molar-refractivity contribution is -0.137. The van der Waals surface area contributed by atoms with Crippen LogP contribution in [0.2, 0.25) is 0 Å². The molecule has 3 N–H and O–H groups in total. The molecule has 1 unspecified atom stereocenters. The van der Waals surface area contributed by atoms with Gasteiger partial charge in [0.1, 0.15) is 6.61 Å². The van der Waals surface area contributed by atoms with Gasteiger partial charge in [0.15, 0.2) is 0 Å². The summed E-state index contributed by atoms with van der Waals surface area (Å²) in [6.45, 7) is 1.27. The Bertz CT molecular complexity index is 457. The van der Waals surface area contributed by atoms with Gasteiger partial charge in [-0.25, -0.2) is 4.99 Å². The molecule has 0 aliphatic carbocycles. The maximum atomic E-state index is 10.6. The summed E-state index contributed by atoms with van der Waals surface area (Å²) in [5.41, 5.74) is 7.43. The molecule has 1 aromatic rings. The molecule has 0 bridgehead atoms. The first-order valence-electron chi connectivity index (χ1n) is 5.42. The quantitative estimate of drug-likeness (QED) is 0.811. The SMILES string of the molecule is NC(CC(=O)O)c1cccc(C2=NCCO2)c1. The molecular formula is C12H14N2O3. The Labute approximate surface area is 98.9 Å². The average molecular weight is 234 g/mol. The third-order valence-corrected chi connectivity index (χ3v) is 2.54. The highest BCUT2D eigenvalue weighted by Crippen LogP contribution is 2.17. The van der Waals surface area contributed by atoms with Crippen molar-refractivity contribution in [2.24, 2.45) is 10.7 Å². The summed E-state index contributed by atoms with van der Waals surface area (Å²) in [6, 6.07) is 6.84. The van der Waals surface area contributed by atoms with Gasteiger partial charge < -0.3 is 15.6 Å². The predicted molar refractivity (Wildman–Crippen MR) is 63.0 cm³/mol. The van der Waals surface area contributed by atoms with Crippen LogP contribution in [-0.2, 0) is 9.53 Å². The first kappa shape index (κ1) is 11.6. The zero-order chi connectivity index (χ0) is 12.3. The molecule has 0 saturated heterocycles. The molecule has 0 saturated carbocycles. The second-order valence-electron chi connectivity index (χ2n) is 3.87. The minimum atomic E-state index is -0.905. The number of aliphatic imine (C=N–C) groups is 1. The Morgan fingerprint density at radius 1 is 1.59 bits per heavy atom. The molecule has 1 aromatic carbocycles. The van der Waals surface area contributed by atoms with E-state index in [0.717, 1.165) is 11.1 Å². The highest BCUT2D eigenvalue weighted by atomic mass is 16.5. The van der Waals surface area contributed by atoms with Gasteiger partial charge in [0.2, 0.25) is 5.90 Å². The molecule has 0 fully saturated rings. The molecule has 0 aromatic heterocycles. The lowest BCUT2D eigenvalue weighted by Crippen LogP contribution is -2.15. The van der Waals surface area contributed by atoms with Crippen molar-refractivity contribution in [1.29, 1.82) is 0 Å². The standard InChI is InChI=1S/C12H14N2O3/c13-10(7-11(15)16)8-2-1-3-9(6-8)12-14-4-5-17-12/h1-3,6,10H,4-5,7,13H2,(H,15,16). The molecule has 90 valence electrons. The highest BCUT2D eigenvalue weighted by Gasteiger charge is 2.14. The first-order chi connectivity index (χ1) is 8.16. The van der Waals surface area contributed by atoms with Gasteiger partial charge in [0, 0.05) is 11.6 Å². The van der Waals surface area contributed by atoms with Crippen LogP contribution in [0.3, 0.4) is 0 Å². The van der Waals surface area contributed by atoms with Crippen molar-refractivity contribution in [3.05, 3.63) is 35.4 Å². The summed E-state index contributed by atoms with van der Waals surface area (Å²) in [5.74, 6) is -0.299. The monoisotopic (exact) mass is 234 g/mol. The van der Waals surface area contributed by atoms with E-state index in [0.29, 0.717) is 19.0 Å². The van der Waals surface area contributed by atoms with Crippen molar-refractivity contribution in [3.8, 4) is 0 Å². The molecule has 1 aliphatic heterocycles. The van der Waals surface area contributed by atoms with Gasteiger partial charge in [-0.3, -0.25) is 4.79 Å². The van der Waals surface area contributed by atoms with Gasteiger partial charge in [-0.05, 0) is 17.7 Å². The van der Waals surface area contributed by atoms with Gasteiger partial charge in [0.05, 0.1) is 13.0 Å². The second kappa shape index (κ2) is 4.97. The van der Waals surface area contributed by atoms with Crippen LogP contribution in [0.5, 0.6) is 0 Å². The van der Waals surface area contributed by atoms with E-state index in [9.17, 15) is 4.79 Å². The van der Waals surface area contributed by atoms with Crippen LogP contribution in [-0.4, -0.2) is 30.1 Å². The number of ether oxygens (including phenoxy) is 1. The van der Waals surface area contributed by atoms with Crippen LogP contribution < -0.4 is 5.73 Å². The van der Waals surface area contributed by atoms with Crippen LogP contribution >= 0.6 is 0 Å². The van der Waals surface area contributed by atoms with Crippen LogP contribution in [0.4, 0.5) is 0 Å². The maximum absolute atomic E-state index is 10.6. The van der Waals surface area contributed by atoms with Crippen LogP contribution in [0.1, 0.15) is 23.6 Å². The number of hydrogen-bond donors (Lipinski definition) is 2. The number of aliphatic carboxylic acids is 1. The largest absolute Gasteiger partial charge is 0.481 e. The third kappa shape index (κ3) is 2.82. The van der Waals surface area contributed by atoms with Crippen molar-refractivity contribution < 1.29 is 14.6 Å². The Morgan fingerprint density at radius 2 is 2.41 bits per heavy atom. The fourth-order valence-corrected chi connectivity index (χ4v) is 1.72. The van der Waals surface area contributed by atoms with E-state index < -0.39 is 12.0 Å². The normalized spacial score (nSPS) is 16.2. The van der Waals surface area contributed by atoms with E-state index in [4.69, 9.17) is 15.6 Å². The topological polar surface area (TPSA) is 84.9 Å². The molecule has 1 atom stereocenters. The van der Waals surface area contributed by atoms with E-state index in [1.165, 1.54) is 0 Å². The molecule has 17 heavy (non-hydrogen) atoms. The number of rotatable bonds is 4. The lowest BCUT2D eigenvalue weighted by Gasteiger charge is -2.10. The Hall–Kier alpha value is -1.88. The molecule has 2 rings (SSSR count). The smallest absolute Gasteiger partial charge is 0.305 e. The Morgan fingerprint density at radius 3 is 3.06 bits per heavy atom. The molecule has 5 nitrogen and oxygen atoms in total. The third-order valence-electron chi connectivity index (χ3n) is 2.54. The Balaban J connectivity index is 2.19. The molecule has 0 radical (unpaired) electrons. The van der Waals surface area contributed by atoms with Gasteiger partial charge in [0.25, 0.3) is 0 Å². The summed E-state index contributed by atoms with van der Waals surface area (Å²) in [7, 11) is 0. The fraction of sp³-hybridized carbons (Fsp3) is 0.333. The summed E-state index contributed by atoms with van der Waals surface area (Å²) in [5, 5.41) is 8.70. The average Bonchev–Trinajstić information content (AvgIpc) is 2.82. The van der Waals surface area contributed by atoms with E-state index in [-0.39, 0.29) is 6.42 Å². The van der Waals surface area contributed by atoms with Crippen LogP contribution in [0.25, 0.3) is 0 Å². The van der Waals surface area contributed by atoms with Gasteiger partial charge >= 0.3 is 5.97 Å². The van der Waals surface area contributed by atoms with E-state index >= 15 is 0 Å². The Kier molecular flexibility index (Phi) is 3.39.